The SMILES string of the molecule is COc1cccc(C(=O)NCCCCCCNC(=O)c2cccc(OC)c2)c1. The van der Waals surface area contributed by atoms with Gasteiger partial charge in [-0.1, -0.05) is 25.0 Å². The fourth-order valence-electron chi connectivity index (χ4n) is 2.74. The topological polar surface area (TPSA) is 76.7 Å². The van der Waals surface area contributed by atoms with Gasteiger partial charge in [0.1, 0.15) is 11.5 Å². The van der Waals surface area contributed by atoms with Gasteiger partial charge in [0, 0.05) is 24.2 Å². The summed E-state index contributed by atoms with van der Waals surface area (Å²) in [6.45, 7) is 1.26. The van der Waals surface area contributed by atoms with E-state index in [2.05, 4.69) is 10.6 Å². The van der Waals surface area contributed by atoms with Crippen LogP contribution >= 0.6 is 0 Å². The van der Waals surface area contributed by atoms with E-state index >= 15 is 0 Å². The number of amides is 2. The van der Waals surface area contributed by atoms with Gasteiger partial charge >= 0.3 is 0 Å². The van der Waals surface area contributed by atoms with Gasteiger partial charge in [-0.25, -0.2) is 0 Å². The molecule has 0 aromatic heterocycles. The molecule has 2 aromatic rings. The molecule has 2 rings (SSSR count). The van der Waals surface area contributed by atoms with Crippen LogP contribution in [-0.4, -0.2) is 39.1 Å². The summed E-state index contributed by atoms with van der Waals surface area (Å²) in [5.74, 6) is 1.15. The van der Waals surface area contributed by atoms with Crippen molar-refractivity contribution in [1.82, 2.24) is 10.6 Å². The lowest BCUT2D eigenvalue weighted by Crippen LogP contribution is -2.25. The minimum absolute atomic E-state index is 0.0931. The first-order valence-electron chi connectivity index (χ1n) is 9.48. The number of ether oxygens (including phenoxy) is 2. The summed E-state index contributed by atoms with van der Waals surface area (Å²) >= 11 is 0. The van der Waals surface area contributed by atoms with E-state index in [0.29, 0.717) is 35.7 Å². The fraction of sp³-hybridized carbons (Fsp3) is 0.364. The maximum Gasteiger partial charge on any atom is 0.251 e. The van der Waals surface area contributed by atoms with Crippen molar-refractivity contribution in [1.29, 1.82) is 0 Å². The highest BCUT2D eigenvalue weighted by Crippen LogP contribution is 2.13. The number of methoxy groups -OCH3 is 2. The van der Waals surface area contributed by atoms with Crippen LogP contribution in [0, 0.1) is 0 Å². The van der Waals surface area contributed by atoms with E-state index in [0.717, 1.165) is 25.7 Å². The third kappa shape index (κ3) is 6.95. The molecule has 0 fully saturated rings. The van der Waals surface area contributed by atoms with Crippen molar-refractivity contribution < 1.29 is 19.1 Å². The number of benzene rings is 2. The third-order valence-electron chi connectivity index (χ3n) is 4.34. The molecule has 2 aromatic carbocycles. The number of unbranched alkanes of at least 4 members (excludes halogenated alkanes) is 3. The highest BCUT2D eigenvalue weighted by atomic mass is 16.5. The van der Waals surface area contributed by atoms with Crippen molar-refractivity contribution in [2.45, 2.75) is 25.7 Å². The molecule has 0 atom stereocenters. The summed E-state index contributed by atoms with van der Waals surface area (Å²) in [5, 5.41) is 5.83. The summed E-state index contributed by atoms with van der Waals surface area (Å²) in [7, 11) is 3.16. The fourth-order valence-corrected chi connectivity index (χ4v) is 2.74. The zero-order valence-corrected chi connectivity index (χ0v) is 16.5. The summed E-state index contributed by atoms with van der Waals surface area (Å²) in [6, 6.07) is 14.2. The second kappa shape index (κ2) is 11.6. The van der Waals surface area contributed by atoms with Crippen LogP contribution in [0.2, 0.25) is 0 Å². The highest BCUT2D eigenvalue weighted by molar-refractivity contribution is 5.95. The average molecular weight is 384 g/mol. The van der Waals surface area contributed by atoms with Gasteiger partial charge in [0.05, 0.1) is 14.2 Å². The highest BCUT2D eigenvalue weighted by Gasteiger charge is 2.07. The van der Waals surface area contributed by atoms with E-state index in [1.165, 1.54) is 0 Å². The van der Waals surface area contributed by atoms with Crippen LogP contribution in [0.25, 0.3) is 0 Å². The van der Waals surface area contributed by atoms with Crippen LogP contribution in [0.5, 0.6) is 11.5 Å². The second-order valence-corrected chi connectivity index (χ2v) is 6.39. The maximum absolute atomic E-state index is 12.1. The number of carbonyl (C=O) groups excluding carboxylic acids is 2. The third-order valence-corrected chi connectivity index (χ3v) is 4.34. The van der Waals surface area contributed by atoms with Gasteiger partial charge in [-0.05, 0) is 49.2 Å². The molecule has 0 aliphatic rings. The largest absolute Gasteiger partial charge is 0.497 e. The van der Waals surface area contributed by atoms with Crippen LogP contribution in [0.3, 0.4) is 0 Å². The molecule has 0 spiro atoms. The lowest BCUT2D eigenvalue weighted by Gasteiger charge is -2.08. The van der Waals surface area contributed by atoms with E-state index in [4.69, 9.17) is 9.47 Å². The minimum Gasteiger partial charge on any atom is -0.497 e. The zero-order chi connectivity index (χ0) is 20.2. The van der Waals surface area contributed by atoms with Crippen molar-refractivity contribution in [3.05, 3.63) is 59.7 Å². The standard InChI is InChI=1S/C22H28N2O4/c1-27-19-11-7-9-17(15-19)21(25)23-13-5-3-4-6-14-24-22(26)18-10-8-12-20(16-18)28-2/h7-12,15-16H,3-6,13-14H2,1-2H3,(H,23,25)(H,24,26). The maximum atomic E-state index is 12.1. The smallest absolute Gasteiger partial charge is 0.251 e. The van der Waals surface area contributed by atoms with Gasteiger partial charge in [-0.2, -0.15) is 0 Å². The molecule has 150 valence electrons. The summed E-state index contributed by atoms with van der Waals surface area (Å²) < 4.78 is 10.3. The first-order valence-corrected chi connectivity index (χ1v) is 9.48. The van der Waals surface area contributed by atoms with E-state index < -0.39 is 0 Å². The number of hydrogen-bond donors (Lipinski definition) is 2. The van der Waals surface area contributed by atoms with E-state index in [-0.39, 0.29) is 11.8 Å². The number of nitrogens with one attached hydrogen (secondary N) is 2. The van der Waals surface area contributed by atoms with Crippen molar-refractivity contribution in [3.63, 3.8) is 0 Å². The molecule has 6 nitrogen and oxygen atoms in total. The molecule has 0 saturated carbocycles. The zero-order valence-electron chi connectivity index (χ0n) is 16.5. The lowest BCUT2D eigenvalue weighted by atomic mass is 10.1. The molecule has 0 bridgehead atoms. The Kier molecular flexibility index (Phi) is 8.85. The normalized spacial score (nSPS) is 10.2. The molecule has 0 saturated heterocycles. The second-order valence-electron chi connectivity index (χ2n) is 6.39. The van der Waals surface area contributed by atoms with Crippen molar-refractivity contribution in [3.8, 4) is 11.5 Å². The Morgan fingerprint density at radius 3 is 1.54 bits per heavy atom. The van der Waals surface area contributed by atoms with Gasteiger partial charge in [-0.15, -0.1) is 0 Å². The van der Waals surface area contributed by atoms with Crippen molar-refractivity contribution >= 4 is 11.8 Å². The van der Waals surface area contributed by atoms with Crippen LogP contribution in [0.4, 0.5) is 0 Å². The Balaban J connectivity index is 1.55. The molecule has 6 heteroatoms. The van der Waals surface area contributed by atoms with E-state index in [1.54, 1.807) is 50.6 Å². The molecule has 28 heavy (non-hydrogen) atoms. The van der Waals surface area contributed by atoms with E-state index in [9.17, 15) is 9.59 Å². The molecule has 0 unspecified atom stereocenters. The molecule has 2 amide bonds. The minimum atomic E-state index is -0.0931. The Morgan fingerprint density at radius 2 is 1.14 bits per heavy atom. The van der Waals surface area contributed by atoms with Crippen LogP contribution in [0.15, 0.2) is 48.5 Å². The van der Waals surface area contributed by atoms with E-state index in [1.807, 2.05) is 12.1 Å². The Labute approximate surface area is 166 Å². The Bertz CT molecular complexity index is 711. The first-order chi connectivity index (χ1) is 13.6. The molecule has 2 N–H and O–H groups in total. The molecule has 0 aliphatic carbocycles. The average Bonchev–Trinajstić information content (AvgIpc) is 2.75. The summed E-state index contributed by atoms with van der Waals surface area (Å²) in [5.41, 5.74) is 1.19. The first kappa shape index (κ1) is 21.3. The van der Waals surface area contributed by atoms with Gasteiger partial charge in [0.15, 0.2) is 0 Å². The van der Waals surface area contributed by atoms with Gasteiger partial charge in [-0.3, -0.25) is 9.59 Å². The number of hydrogen-bond acceptors (Lipinski definition) is 4. The van der Waals surface area contributed by atoms with Crippen LogP contribution in [0.1, 0.15) is 46.4 Å². The summed E-state index contributed by atoms with van der Waals surface area (Å²) in [6.07, 6.45) is 3.79. The number of carbonyl (C=O) groups is 2. The van der Waals surface area contributed by atoms with Gasteiger partial charge in [0.25, 0.3) is 11.8 Å². The predicted molar refractivity (Wildman–Crippen MR) is 109 cm³/mol. The predicted octanol–water partition coefficient (Wildman–Crippen LogP) is 3.42. The Morgan fingerprint density at radius 1 is 0.714 bits per heavy atom. The van der Waals surface area contributed by atoms with Crippen LogP contribution in [-0.2, 0) is 0 Å². The lowest BCUT2D eigenvalue weighted by molar-refractivity contribution is 0.0943. The molecule has 0 aliphatic heterocycles. The van der Waals surface area contributed by atoms with Crippen molar-refractivity contribution in [2.24, 2.45) is 0 Å². The molecular formula is C22H28N2O4. The van der Waals surface area contributed by atoms with Crippen molar-refractivity contribution in [2.75, 3.05) is 27.3 Å². The van der Waals surface area contributed by atoms with Gasteiger partial charge < -0.3 is 20.1 Å². The molecular weight excluding hydrogens is 356 g/mol. The monoisotopic (exact) mass is 384 g/mol. The van der Waals surface area contributed by atoms with Crippen LogP contribution < -0.4 is 20.1 Å². The number of rotatable bonds is 11. The Hall–Kier alpha value is -3.02. The summed E-state index contributed by atoms with van der Waals surface area (Å²) in [4.78, 5) is 24.2. The quantitative estimate of drug-likeness (QED) is 0.582. The molecule has 0 radical (unpaired) electrons. The van der Waals surface area contributed by atoms with Gasteiger partial charge in [0.2, 0.25) is 0 Å². The molecule has 0 heterocycles.